The average molecular weight is 435 g/mol. The molecule has 2 aromatic carbocycles. The molecule has 0 saturated carbocycles. The third-order valence-electron chi connectivity index (χ3n) is 4.11. The van der Waals surface area contributed by atoms with E-state index in [-0.39, 0.29) is 11.7 Å². The van der Waals surface area contributed by atoms with Crippen molar-refractivity contribution in [1.29, 1.82) is 0 Å². The largest absolute Gasteiger partial charge is 0.352 e. The van der Waals surface area contributed by atoms with E-state index in [1.54, 1.807) is 34.8 Å². The summed E-state index contributed by atoms with van der Waals surface area (Å²) in [5, 5.41) is 9.93. The second kappa shape index (κ2) is 7.87. The molecule has 0 aliphatic carbocycles. The fraction of sp³-hybridized carbons (Fsp3) is 0.105. The number of amides is 1. The van der Waals surface area contributed by atoms with Crippen LogP contribution >= 0.6 is 34.5 Å². The molecule has 0 aliphatic rings. The summed E-state index contributed by atoms with van der Waals surface area (Å²) in [6.45, 7) is 0.387. The van der Waals surface area contributed by atoms with Crippen LogP contribution in [0.2, 0.25) is 10.0 Å². The first-order valence-corrected chi connectivity index (χ1v) is 9.98. The number of hydrogen-bond donors (Lipinski definition) is 1. The van der Waals surface area contributed by atoms with Crippen LogP contribution in [0.4, 0.5) is 4.39 Å². The highest BCUT2D eigenvalue weighted by Gasteiger charge is 2.15. The number of aromatic nitrogens is 3. The van der Waals surface area contributed by atoms with E-state index in [4.69, 9.17) is 23.2 Å². The van der Waals surface area contributed by atoms with Crippen molar-refractivity contribution in [3.63, 3.8) is 0 Å². The van der Waals surface area contributed by atoms with E-state index >= 15 is 0 Å². The number of carbonyl (C=O) groups excluding carboxylic acids is 1. The van der Waals surface area contributed by atoms with Crippen molar-refractivity contribution in [2.45, 2.75) is 6.42 Å². The Morgan fingerprint density at radius 2 is 2.04 bits per heavy atom. The van der Waals surface area contributed by atoms with Gasteiger partial charge in [0.15, 0.2) is 5.82 Å². The van der Waals surface area contributed by atoms with Crippen LogP contribution < -0.4 is 5.32 Å². The molecule has 0 aliphatic heterocycles. The van der Waals surface area contributed by atoms with Gasteiger partial charge in [-0.05, 0) is 30.3 Å². The van der Waals surface area contributed by atoms with E-state index < -0.39 is 0 Å². The van der Waals surface area contributed by atoms with Crippen LogP contribution in [-0.2, 0) is 6.42 Å². The molecule has 2 aromatic heterocycles. The molecule has 142 valence electrons. The molecule has 0 saturated heterocycles. The highest BCUT2D eigenvalue weighted by atomic mass is 35.5. The van der Waals surface area contributed by atoms with Gasteiger partial charge in [-0.3, -0.25) is 4.79 Å². The molecule has 0 unspecified atom stereocenters. The van der Waals surface area contributed by atoms with Gasteiger partial charge in [-0.25, -0.2) is 8.91 Å². The molecule has 2 heterocycles. The zero-order valence-corrected chi connectivity index (χ0v) is 16.7. The van der Waals surface area contributed by atoms with E-state index in [9.17, 15) is 9.18 Å². The average Bonchev–Trinajstić information content (AvgIpc) is 3.23. The van der Waals surface area contributed by atoms with Crippen LogP contribution in [0.3, 0.4) is 0 Å². The highest BCUT2D eigenvalue weighted by molar-refractivity contribution is 7.15. The van der Waals surface area contributed by atoms with Gasteiger partial charge in [0.05, 0.1) is 21.8 Å². The van der Waals surface area contributed by atoms with Gasteiger partial charge in [0, 0.05) is 23.4 Å². The number of fused-ring (bicyclic) bond motifs is 1. The summed E-state index contributed by atoms with van der Waals surface area (Å²) in [6.07, 6.45) is 0.539. The Labute approximate surface area is 173 Å². The molecule has 4 aromatic rings. The Balaban J connectivity index is 1.47. The van der Waals surface area contributed by atoms with Crippen molar-refractivity contribution >= 4 is 45.4 Å². The Kier molecular flexibility index (Phi) is 5.30. The van der Waals surface area contributed by atoms with Gasteiger partial charge in [-0.15, -0.1) is 16.4 Å². The predicted octanol–water partition coefficient (Wildman–Crippen LogP) is 4.88. The molecule has 0 radical (unpaired) electrons. The standard InChI is InChI=1S/C19H13Cl2FN4OS/c20-11-5-6-13(15(21)9-11)18(27)23-8-7-12-10-28-19-24-17(25-26(12)19)14-3-1-2-4-16(14)22/h1-6,9-10H,7-8H2,(H,23,27). The smallest absolute Gasteiger partial charge is 0.252 e. The van der Waals surface area contributed by atoms with Crippen LogP contribution in [0.25, 0.3) is 16.3 Å². The summed E-state index contributed by atoms with van der Waals surface area (Å²) in [6, 6.07) is 11.1. The SMILES string of the molecule is O=C(NCCc1csc2nc(-c3ccccc3F)nn12)c1ccc(Cl)cc1Cl. The monoisotopic (exact) mass is 434 g/mol. The topological polar surface area (TPSA) is 59.3 Å². The highest BCUT2D eigenvalue weighted by Crippen LogP contribution is 2.23. The van der Waals surface area contributed by atoms with Gasteiger partial charge in [-0.2, -0.15) is 4.98 Å². The first-order valence-electron chi connectivity index (χ1n) is 8.34. The minimum Gasteiger partial charge on any atom is -0.352 e. The summed E-state index contributed by atoms with van der Waals surface area (Å²) < 4.78 is 15.6. The van der Waals surface area contributed by atoms with Gasteiger partial charge >= 0.3 is 0 Å². The Morgan fingerprint density at radius 1 is 1.21 bits per heavy atom. The maximum atomic E-state index is 14.0. The molecule has 4 rings (SSSR count). The number of halogens is 3. The van der Waals surface area contributed by atoms with Crippen molar-refractivity contribution in [3.8, 4) is 11.4 Å². The molecular weight excluding hydrogens is 422 g/mol. The van der Waals surface area contributed by atoms with Crippen molar-refractivity contribution in [2.75, 3.05) is 6.54 Å². The molecule has 0 fully saturated rings. The summed E-state index contributed by atoms with van der Waals surface area (Å²) in [5.74, 6) is -0.309. The summed E-state index contributed by atoms with van der Waals surface area (Å²) in [4.78, 5) is 17.3. The number of carbonyl (C=O) groups is 1. The van der Waals surface area contributed by atoms with E-state index in [1.165, 1.54) is 23.5 Å². The van der Waals surface area contributed by atoms with E-state index in [2.05, 4.69) is 15.4 Å². The minimum atomic E-state index is -0.366. The quantitative estimate of drug-likeness (QED) is 0.486. The Hall–Kier alpha value is -2.48. The van der Waals surface area contributed by atoms with Gasteiger partial charge in [0.25, 0.3) is 5.91 Å². The van der Waals surface area contributed by atoms with E-state index in [0.717, 1.165) is 5.69 Å². The second-order valence-electron chi connectivity index (χ2n) is 5.97. The molecule has 0 spiro atoms. The van der Waals surface area contributed by atoms with Gasteiger partial charge in [-0.1, -0.05) is 35.3 Å². The molecule has 0 bridgehead atoms. The van der Waals surface area contributed by atoms with Crippen molar-refractivity contribution < 1.29 is 9.18 Å². The number of rotatable bonds is 5. The molecule has 9 heteroatoms. The summed E-state index contributed by atoms with van der Waals surface area (Å²) in [5.41, 5.74) is 1.59. The third-order valence-corrected chi connectivity index (χ3v) is 5.52. The lowest BCUT2D eigenvalue weighted by Gasteiger charge is -2.06. The molecule has 1 N–H and O–H groups in total. The lowest BCUT2D eigenvalue weighted by atomic mass is 10.2. The first-order chi connectivity index (χ1) is 13.5. The van der Waals surface area contributed by atoms with Crippen LogP contribution in [-0.4, -0.2) is 27.0 Å². The maximum Gasteiger partial charge on any atom is 0.252 e. The number of nitrogens with one attached hydrogen (secondary N) is 1. The zero-order valence-electron chi connectivity index (χ0n) is 14.3. The number of hydrogen-bond acceptors (Lipinski definition) is 4. The van der Waals surface area contributed by atoms with E-state index in [0.29, 0.717) is 44.9 Å². The van der Waals surface area contributed by atoms with Crippen LogP contribution in [0.1, 0.15) is 16.1 Å². The van der Waals surface area contributed by atoms with Gasteiger partial charge in [0.1, 0.15) is 5.82 Å². The number of thiazole rings is 1. The molecular formula is C19H13Cl2FN4OS. The molecule has 0 atom stereocenters. The van der Waals surface area contributed by atoms with Crippen molar-refractivity contribution in [1.82, 2.24) is 19.9 Å². The van der Waals surface area contributed by atoms with Gasteiger partial charge < -0.3 is 5.32 Å². The van der Waals surface area contributed by atoms with Crippen molar-refractivity contribution in [2.24, 2.45) is 0 Å². The van der Waals surface area contributed by atoms with Crippen LogP contribution in [0.5, 0.6) is 0 Å². The summed E-state index contributed by atoms with van der Waals surface area (Å²) >= 11 is 13.3. The van der Waals surface area contributed by atoms with E-state index in [1.807, 2.05) is 5.38 Å². The van der Waals surface area contributed by atoms with Gasteiger partial charge in [0.2, 0.25) is 4.96 Å². The zero-order chi connectivity index (χ0) is 19.7. The van der Waals surface area contributed by atoms with Crippen LogP contribution in [0.15, 0.2) is 47.8 Å². The fourth-order valence-corrected chi connectivity index (χ4v) is 4.08. The Morgan fingerprint density at radius 3 is 2.82 bits per heavy atom. The fourth-order valence-electron chi connectivity index (χ4n) is 2.73. The number of nitrogens with zero attached hydrogens (tertiary/aromatic N) is 3. The lowest BCUT2D eigenvalue weighted by Crippen LogP contribution is -2.26. The molecule has 28 heavy (non-hydrogen) atoms. The Bertz CT molecular complexity index is 1170. The van der Waals surface area contributed by atoms with Crippen molar-refractivity contribution in [3.05, 3.63) is 75.0 Å². The number of benzene rings is 2. The lowest BCUT2D eigenvalue weighted by molar-refractivity contribution is 0.0954. The van der Waals surface area contributed by atoms with Crippen LogP contribution in [0, 0.1) is 5.82 Å². The molecule has 1 amide bonds. The normalized spacial score (nSPS) is 11.1. The minimum absolute atomic E-state index is 0.279. The first kappa shape index (κ1) is 18.9. The summed E-state index contributed by atoms with van der Waals surface area (Å²) in [7, 11) is 0. The molecule has 5 nitrogen and oxygen atoms in total. The predicted molar refractivity (Wildman–Crippen MR) is 109 cm³/mol. The second-order valence-corrected chi connectivity index (χ2v) is 7.65. The third kappa shape index (κ3) is 3.73. The maximum absolute atomic E-state index is 14.0.